The van der Waals surface area contributed by atoms with Crippen LogP contribution in [0.5, 0.6) is 0 Å². The maximum atomic E-state index is 11.0. The molecule has 5 nitrogen and oxygen atoms in total. The summed E-state index contributed by atoms with van der Waals surface area (Å²) in [5.41, 5.74) is 0. The van der Waals surface area contributed by atoms with Crippen LogP contribution >= 0.6 is 0 Å². The Labute approximate surface area is 117 Å². The second-order valence-electron chi connectivity index (χ2n) is 4.13. The Morgan fingerprint density at radius 2 is 1.80 bits per heavy atom. The Morgan fingerprint density at radius 1 is 1.10 bits per heavy atom. The molecule has 1 heterocycles. The van der Waals surface area contributed by atoms with Crippen LogP contribution in [0.3, 0.4) is 0 Å². The molecule has 0 amide bonds. The number of imidazole rings is 1. The van der Waals surface area contributed by atoms with Crippen LogP contribution in [0, 0.1) is 6.92 Å². The van der Waals surface area contributed by atoms with Gasteiger partial charge in [0.2, 0.25) is 0 Å². The van der Waals surface area contributed by atoms with Crippen molar-refractivity contribution in [2.75, 3.05) is 0 Å². The number of aromatic amines is 1. The van der Waals surface area contributed by atoms with Crippen LogP contribution in [0.4, 0.5) is 0 Å². The van der Waals surface area contributed by atoms with Crippen molar-refractivity contribution in [3.8, 4) is 0 Å². The zero-order valence-corrected chi connectivity index (χ0v) is 11.6. The molecular formula is C14H14N2O3S. The van der Waals surface area contributed by atoms with E-state index in [-0.39, 0.29) is 4.90 Å². The number of rotatable bonds is 1. The average molecular weight is 290 g/mol. The Hall–Kier alpha value is -2.18. The van der Waals surface area contributed by atoms with E-state index in [1.165, 1.54) is 6.07 Å². The number of hydrogen-bond donors (Lipinski definition) is 2. The van der Waals surface area contributed by atoms with Crippen LogP contribution in [0.1, 0.15) is 5.82 Å². The van der Waals surface area contributed by atoms with Crippen molar-refractivity contribution in [2.45, 2.75) is 11.8 Å². The summed E-state index contributed by atoms with van der Waals surface area (Å²) in [6.07, 6.45) is 3.53. The fourth-order valence-electron chi connectivity index (χ4n) is 1.76. The van der Waals surface area contributed by atoms with Crippen molar-refractivity contribution in [1.82, 2.24) is 9.97 Å². The van der Waals surface area contributed by atoms with E-state index in [9.17, 15) is 8.42 Å². The topological polar surface area (TPSA) is 83.0 Å². The molecule has 2 N–H and O–H groups in total. The number of H-pyrrole nitrogens is 1. The lowest BCUT2D eigenvalue weighted by Gasteiger charge is -2.02. The van der Waals surface area contributed by atoms with Gasteiger partial charge in [0, 0.05) is 17.8 Å². The Morgan fingerprint density at radius 3 is 2.35 bits per heavy atom. The van der Waals surface area contributed by atoms with Crippen molar-refractivity contribution in [3.63, 3.8) is 0 Å². The standard InChI is InChI=1S/C10H8O3S.C4H6N2/c11-14(12,13)10-7-3-5-8-4-1-2-6-9(8)10;1-4-5-2-3-6-4/h1-7H,(H,11,12,13);2-3H,1H3,(H,5,6). The van der Waals surface area contributed by atoms with E-state index in [1.54, 1.807) is 42.7 Å². The van der Waals surface area contributed by atoms with Gasteiger partial charge in [0.05, 0.1) is 0 Å². The van der Waals surface area contributed by atoms with Gasteiger partial charge < -0.3 is 4.98 Å². The number of nitrogens with one attached hydrogen (secondary N) is 1. The molecule has 0 aliphatic carbocycles. The lowest BCUT2D eigenvalue weighted by Crippen LogP contribution is -1.98. The van der Waals surface area contributed by atoms with Gasteiger partial charge in [0.1, 0.15) is 10.7 Å². The van der Waals surface area contributed by atoms with Crippen molar-refractivity contribution in [3.05, 3.63) is 60.7 Å². The summed E-state index contributed by atoms with van der Waals surface area (Å²) < 4.78 is 31.0. The molecule has 20 heavy (non-hydrogen) atoms. The van der Waals surface area contributed by atoms with Crippen LogP contribution in [-0.2, 0) is 10.1 Å². The molecule has 0 spiro atoms. The number of aryl methyl sites for hydroxylation is 1. The summed E-state index contributed by atoms with van der Waals surface area (Å²) in [6.45, 7) is 1.92. The summed E-state index contributed by atoms with van der Waals surface area (Å²) in [7, 11) is -4.13. The second-order valence-corrected chi connectivity index (χ2v) is 5.52. The quantitative estimate of drug-likeness (QED) is 0.675. The van der Waals surface area contributed by atoms with E-state index in [0.717, 1.165) is 11.2 Å². The Kier molecular flexibility index (Phi) is 4.16. The summed E-state index contributed by atoms with van der Waals surface area (Å²) in [4.78, 5) is 6.70. The van der Waals surface area contributed by atoms with E-state index in [1.807, 2.05) is 13.0 Å². The van der Waals surface area contributed by atoms with E-state index >= 15 is 0 Å². The molecule has 0 aliphatic heterocycles. The minimum absolute atomic E-state index is 0.0457. The van der Waals surface area contributed by atoms with E-state index in [2.05, 4.69) is 9.97 Å². The Balaban J connectivity index is 0.000000205. The largest absolute Gasteiger partial charge is 0.349 e. The predicted octanol–water partition coefficient (Wildman–Crippen LogP) is 2.80. The maximum absolute atomic E-state index is 11.0. The molecule has 0 fully saturated rings. The molecule has 0 saturated heterocycles. The minimum atomic E-state index is -4.13. The molecule has 104 valence electrons. The van der Waals surface area contributed by atoms with Gasteiger partial charge in [0.25, 0.3) is 10.1 Å². The highest BCUT2D eigenvalue weighted by molar-refractivity contribution is 7.86. The van der Waals surface area contributed by atoms with Crippen molar-refractivity contribution < 1.29 is 13.0 Å². The number of fused-ring (bicyclic) bond motifs is 1. The monoisotopic (exact) mass is 290 g/mol. The van der Waals surface area contributed by atoms with Gasteiger partial charge >= 0.3 is 0 Å². The summed E-state index contributed by atoms with van der Waals surface area (Å²) >= 11 is 0. The fraction of sp³-hybridized carbons (Fsp3) is 0.0714. The maximum Gasteiger partial charge on any atom is 0.295 e. The molecular weight excluding hydrogens is 276 g/mol. The first-order valence-electron chi connectivity index (χ1n) is 5.90. The first-order chi connectivity index (χ1) is 9.48. The fourth-order valence-corrected chi connectivity index (χ4v) is 2.48. The molecule has 0 radical (unpaired) electrons. The van der Waals surface area contributed by atoms with Gasteiger partial charge in [-0.15, -0.1) is 0 Å². The second kappa shape index (κ2) is 5.85. The van der Waals surface area contributed by atoms with Crippen molar-refractivity contribution in [2.24, 2.45) is 0 Å². The molecule has 3 rings (SSSR count). The SMILES string of the molecule is Cc1ncc[nH]1.O=S(=O)(O)c1cccc2ccccc12. The van der Waals surface area contributed by atoms with Crippen LogP contribution in [0.2, 0.25) is 0 Å². The van der Waals surface area contributed by atoms with E-state index in [0.29, 0.717) is 5.39 Å². The number of aromatic nitrogens is 2. The van der Waals surface area contributed by atoms with Gasteiger partial charge in [-0.3, -0.25) is 4.55 Å². The molecule has 3 aromatic rings. The van der Waals surface area contributed by atoms with Crippen LogP contribution in [0.15, 0.2) is 59.8 Å². The van der Waals surface area contributed by atoms with Gasteiger partial charge in [-0.05, 0) is 18.4 Å². The molecule has 0 aliphatic rings. The van der Waals surface area contributed by atoms with Crippen molar-refractivity contribution >= 4 is 20.9 Å². The average Bonchev–Trinajstić information content (AvgIpc) is 2.89. The molecule has 0 atom stereocenters. The third-order valence-electron chi connectivity index (χ3n) is 2.66. The zero-order chi connectivity index (χ0) is 14.6. The third-order valence-corrected chi connectivity index (χ3v) is 3.57. The zero-order valence-electron chi connectivity index (χ0n) is 10.8. The first kappa shape index (κ1) is 14.2. The normalized spacial score (nSPS) is 10.9. The van der Waals surface area contributed by atoms with Crippen molar-refractivity contribution in [1.29, 1.82) is 0 Å². The van der Waals surface area contributed by atoms with Gasteiger partial charge in [-0.2, -0.15) is 8.42 Å². The molecule has 6 heteroatoms. The molecule has 0 unspecified atom stereocenters. The van der Waals surface area contributed by atoms with E-state index in [4.69, 9.17) is 4.55 Å². The summed E-state index contributed by atoms with van der Waals surface area (Å²) in [5.74, 6) is 0.968. The minimum Gasteiger partial charge on any atom is -0.349 e. The van der Waals surface area contributed by atoms with Crippen LogP contribution in [0.25, 0.3) is 10.8 Å². The number of hydrogen-bond acceptors (Lipinski definition) is 3. The van der Waals surface area contributed by atoms with Gasteiger partial charge in [0.15, 0.2) is 0 Å². The predicted molar refractivity (Wildman–Crippen MR) is 77.1 cm³/mol. The first-order valence-corrected chi connectivity index (χ1v) is 7.34. The lowest BCUT2D eigenvalue weighted by molar-refractivity contribution is 0.484. The molecule has 1 aromatic heterocycles. The number of nitrogens with zero attached hydrogens (tertiary/aromatic N) is 1. The highest BCUT2D eigenvalue weighted by atomic mass is 32.2. The smallest absolute Gasteiger partial charge is 0.295 e. The molecule has 2 aromatic carbocycles. The molecule has 0 bridgehead atoms. The highest BCUT2D eigenvalue weighted by Crippen LogP contribution is 2.21. The summed E-state index contributed by atoms with van der Waals surface area (Å²) in [6, 6.07) is 11.8. The van der Waals surface area contributed by atoms with Gasteiger partial charge in [-0.25, -0.2) is 4.98 Å². The molecule has 0 saturated carbocycles. The van der Waals surface area contributed by atoms with Crippen LogP contribution in [-0.4, -0.2) is 22.9 Å². The third kappa shape index (κ3) is 3.43. The Bertz CT molecular complexity index is 791. The number of benzene rings is 2. The van der Waals surface area contributed by atoms with E-state index < -0.39 is 10.1 Å². The lowest BCUT2D eigenvalue weighted by atomic mass is 10.1. The highest BCUT2D eigenvalue weighted by Gasteiger charge is 2.12. The van der Waals surface area contributed by atoms with Gasteiger partial charge in [-0.1, -0.05) is 36.4 Å². The van der Waals surface area contributed by atoms with Crippen LogP contribution < -0.4 is 0 Å². The summed E-state index contributed by atoms with van der Waals surface area (Å²) in [5, 5.41) is 1.33.